The van der Waals surface area contributed by atoms with Crippen LogP contribution < -0.4 is 5.32 Å². The quantitative estimate of drug-likeness (QED) is 0.803. The molecule has 0 atom stereocenters. The molecular formula is C18H21N5. The van der Waals surface area contributed by atoms with Crippen molar-refractivity contribution in [2.45, 2.75) is 46.0 Å². The molecule has 1 N–H and O–H groups in total. The number of fused-ring (bicyclic) bond motifs is 2. The minimum absolute atomic E-state index is 0.691. The lowest BCUT2D eigenvalue weighted by molar-refractivity contribution is 0.662. The summed E-state index contributed by atoms with van der Waals surface area (Å²) < 4.78 is 1.85. The predicted molar refractivity (Wildman–Crippen MR) is 91.3 cm³/mol. The smallest absolute Gasteiger partial charge is 0.254 e. The van der Waals surface area contributed by atoms with E-state index in [1.165, 1.54) is 29.7 Å². The zero-order valence-electron chi connectivity index (χ0n) is 13.6. The number of hydrogen-bond donors (Lipinski definition) is 1. The molecule has 0 unspecified atom stereocenters. The molecule has 5 nitrogen and oxygen atoms in total. The fourth-order valence-electron chi connectivity index (χ4n) is 3.23. The number of nitrogens with zero attached hydrogens (tertiary/aromatic N) is 4. The maximum atomic E-state index is 4.72. The van der Waals surface area contributed by atoms with E-state index >= 15 is 0 Å². The van der Waals surface area contributed by atoms with Crippen LogP contribution in [0.15, 0.2) is 24.3 Å². The Morgan fingerprint density at radius 3 is 2.65 bits per heavy atom. The van der Waals surface area contributed by atoms with Crippen LogP contribution in [0.5, 0.6) is 0 Å². The molecule has 2 aromatic heterocycles. The molecule has 0 fully saturated rings. The van der Waals surface area contributed by atoms with Gasteiger partial charge in [0.15, 0.2) is 0 Å². The highest BCUT2D eigenvalue weighted by molar-refractivity contribution is 5.63. The Morgan fingerprint density at radius 2 is 1.87 bits per heavy atom. The molecule has 0 aliphatic heterocycles. The number of hydrogen-bond acceptors (Lipinski definition) is 4. The van der Waals surface area contributed by atoms with Crippen molar-refractivity contribution >= 4 is 17.3 Å². The molecule has 0 saturated heterocycles. The number of benzene rings is 1. The van der Waals surface area contributed by atoms with Gasteiger partial charge in [-0.2, -0.15) is 9.50 Å². The van der Waals surface area contributed by atoms with Crippen LogP contribution in [0.2, 0.25) is 0 Å². The first-order valence-corrected chi connectivity index (χ1v) is 8.35. The lowest BCUT2D eigenvalue weighted by Crippen LogP contribution is -2.13. The van der Waals surface area contributed by atoms with Crippen LogP contribution in [0.1, 0.15) is 42.4 Å². The van der Waals surface area contributed by atoms with Crippen molar-refractivity contribution in [3.8, 4) is 0 Å². The first kappa shape index (κ1) is 14.2. The van der Waals surface area contributed by atoms with Crippen molar-refractivity contribution < 1.29 is 0 Å². The highest BCUT2D eigenvalue weighted by atomic mass is 15.4. The third-order valence-corrected chi connectivity index (χ3v) is 4.49. The third-order valence-electron chi connectivity index (χ3n) is 4.49. The molecule has 0 saturated carbocycles. The van der Waals surface area contributed by atoms with Crippen molar-refractivity contribution in [2.24, 2.45) is 0 Å². The highest BCUT2D eigenvalue weighted by Gasteiger charge is 2.20. The molecule has 23 heavy (non-hydrogen) atoms. The molecule has 0 radical (unpaired) electrons. The normalized spacial score (nSPS) is 14.0. The lowest BCUT2D eigenvalue weighted by Gasteiger charge is -2.20. The topological polar surface area (TPSA) is 55.1 Å². The molecule has 3 aromatic rings. The van der Waals surface area contributed by atoms with E-state index in [1.807, 2.05) is 11.4 Å². The number of rotatable bonds is 3. The zero-order valence-corrected chi connectivity index (χ0v) is 13.6. The maximum Gasteiger partial charge on any atom is 0.254 e. The van der Waals surface area contributed by atoms with Crippen LogP contribution in [0.25, 0.3) is 5.78 Å². The van der Waals surface area contributed by atoms with Gasteiger partial charge in [0, 0.05) is 11.3 Å². The van der Waals surface area contributed by atoms with Crippen LogP contribution in [-0.2, 0) is 19.3 Å². The molecule has 0 spiro atoms. The Bertz CT molecular complexity index is 848. The van der Waals surface area contributed by atoms with E-state index in [9.17, 15) is 0 Å². The summed E-state index contributed by atoms with van der Waals surface area (Å²) >= 11 is 0. The van der Waals surface area contributed by atoms with Gasteiger partial charge in [-0.15, -0.1) is 5.10 Å². The zero-order chi connectivity index (χ0) is 15.8. The third kappa shape index (κ3) is 2.56. The molecule has 2 heterocycles. The van der Waals surface area contributed by atoms with E-state index in [0.717, 1.165) is 36.6 Å². The summed E-state index contributed by atoms with van der Waals surface area (Å²) in [6.45, 7) is 4.08. The second-order valence-corrected chi connectivity index (χ2v) is 6.14. The van der Waals surface area contributed by atoms with Crippen molar-refractivity contribution in [1.29, 1.82) is 0 Å². The van der Waals surface area contributed by atoms with Crippen molar-refractivity contribution in [2.75, 3.05) is 5.32 Å². The fraction of sp³-hybridized carbons (Fsp3) is 0.389. The Kier molecular flexibility index (Phi) is 3.48. The van der Waals surface area contributed by atoms with Crippen LogP contribution in [0.4, 0.5) is 11.5 Å². The maximum absolute atomic E-state index is 4.72. The van der Waals surface area contributed by atoms with Gasteiger partial charge in [0.25, 0.3) is 5.78 Å². The van der Waals surface area contributed by atoms with Gasteiger partial charge in [-0.25, -0.2) is 4.98 Å². The summed E-state index contributed by atoms with van der Waals surface area (Å²) in [6, 6.07) is 8.59. The summed E-state index contributed by atoms with van der Waals surface area (Å²) in [4.78, 5) is 9.17. The molecule has 1 aromatic carbocycles. The SMILES string of the molecule is CCc1ccc(Nc2c3c(nc4nc(C)nn24)CCCC3)cc1. The van der Waals surface area contributed by atoms with E-state index in [1.54, 1.807) is 0 Å². The van der Waals surface area contributed by atoms with Crippen molar-refractivity contribution in [3.05, 3.63) is 46.9 Å². The molecule has 1 aliphatic carbocycles. The highest BCUT2D eigenvalue weighted by Crippen LogP contribution is 2.29. The fourth-order valence-corrected chi connectivity index (χ4v) is 3.23. The van der Waals surface area contributed by atoms with Gasteiger partial charge in [-0.05, 0) is 56.7 Å². The second kappa shape index (κ2) is 5.65. The molecule has 118 valence electrons. The van der Waals surface area contributed by atoms with Gasteiger partial charge in [-0.1, -0.05) is 19.1 Å². The van der Waals surface area contributed by atoms with Gasteiger partial charge >= 0.3 is 0 Å². The standard InChI is InChI=1S/C18H21N5/c1-3-13-8-10-14(11-9-13)20-17-15-6-4-5-7-16(15)21-18-19-12(2)22-23(17)18/h8-11,20H,3-7H2,1-2H3. The van der Waals surface area contributed by atoms with Crippen molar-refractivity contribution in [1.82, 2.24) is 19.6 Å². The number of aromatic nitrogens is 4. The van der Waals surface area contributed by atoms with Gasteiger partial charge in [0.1, 0.15) is 11.6 Å². The first-order valence-electron chi connectivity index (χ1n) is 8.35. The molecular weight excluding hydrogens is 286 g/mol. The van der Waals surface area contributed by atoms with Crippen molar-refractivity contribution in [3.63, 3.8) is 0 Å². The molecule has 5 heteroatoms. The molecule has 0 amide bonds. The predicted octanol–water partition coefficient (Wildman–Crippen LogP) is 3.62. The van der Waals surface area contributed by atoms with Crippen LogP contribution in [0, 0.1) is 6.92 Å². The second-order valence-electron chi connectivity index (χ2n) is 6.14. The van der Waals surface area contributed by atoms with Crippen LogP contribution in [-0.4, -0.2) is 19.6 Å². The van der Waals surface area contributed by atoms with E-state index in [2.05, 4.69) is 46.6 Å². The Hall–Kier alpha value is -2.43. The van der Waals surface area contributed by atoms with Crippen LogP contribution >= 0.6 is 0 Å². The van der Waals surface area contributed by atoms with E-state index in [4.69, 9.17) is 4.98 Å². The van der Waals surface area contributed by atoms with Gasteiger partial charge in [0.05, 0.1) is 5.69 Å². The molecule has 4 rings (SSSR count). The Balaban J connectivity index is 1.82. The minimum Gasteiger partial charge on any atom is -0.340 e. The average Bonchev–Trinajstić information content (AvgIpc) is 2.95. The van der Waals surface area contributed by atoms with Crippen LogP contribution in [0.3, 0.4) is 0 Å². The molecule has 1 aliphatic rings. The monoisotopic (exact) mass is 307 g/mol. The Labute approximate surface area is 135 Å². The Morgan fingerprint density at radius 1 is 1.09 bits per heavy atom. The number of anilines is 2. The minimum atomic E-state index is 0.691. The van der Waals surface area contributed by atoms with Gasteiger partial charge in [-0.3, -0.25) is 0 Å². The lowest BCUT2D eigenvalue weighted by atomic mass is 9.96. The number of nitrogens with one attached hydrogen (secondary N) is 1. The first-order chi connectivity index (χ1) is 11.2. The summed E-state index contributed by atoms with van der Waals surface area (Å²) in [6.07, 6.45) is 5.54. The van der Waals surface area contributed by atoms with E-state index < -0.39 is 0 Å². The van der Waals surface area contributed by atoms with E-state index in [0.29, 0.717) is 5.78 Å². The van der Waals surface area contributed by atoms with E-state index in [-0.39, 0.29) is 0 Å². The average molecular weight is 307 g/mol. The molecule has 0 bridgehead atoms. The summed E-state index contributed by atoms with van der Waals surface area (Å²) in [7, 11) is 0. The van der Waals surface area contributed by atoms with Gasteiger partial charge in [0.2, 0.25) is 0 Å². The summed E-state index contributed by atoms with van der Waals surface area (Å²) in [5, 5.41) is 8.09. The summed E-state index contributed by atoms with van der Waals surface area (Å²) in [5.41, 5.74) is 4.88. The van der Waals surface area contributed by atoms with Gasteiger partial charge < -0.3 is 5.32 Å². The number of aryl methyl sites for hydroxylation is 3. The summed E-state index contributed by atoms with van der Waals surface area (Å²) in [5.74, 6) is 2.47. The largest absolute Gasteiger partial charge is 0.340 e.